The van der Waals surface area contributed by atoms with Crippen LogP contribution in [0.15, 0.2) is 30.5 Å². The Balaban J connectivity index is 2.52. The molecule has 0 atom stereocenters. The topological polar surface area (TPSA) is 22.1 Å². The molecule has 1 heterocycles. The number of rotatable bonds is 12. The Morgan fingerprint density at radius 2 is 1.57 bits per heavy atom. The second-order valence-electron chi connectivity index (χ2n) is 7.80. The zero-order valence-corrected chi connectivity index (χ0v) is 18.7. The summed E-state index contributed by atoms with van der Waals surface area (Å²) >= 11 is 0. The molecule has 2 rings (SSSR count). The first-order chi connectivity index (χ1) is 13.7. The van der Waals surface area contributed by atoms with Crippen LogP contribution in [-0.4, -0.2) is 18.7 Å². The van der Waals surface area contributed by atoms with Gasteiger partial charge in [0.1, 0.15) is 0 Å². The van der Waals surface area contributed by atoms with Crippen LogP contribution in [0.3, 0.4) is 0 Å². The minimum Gasteiger partial charge on any atom is -0.385 e. The van der Waals surface area contributed by atoms with Crippen molar-refractivity contribution >= 4 is 0 Å². The summed E-state index contributed by atoms with van der Waals surface area (Å²) in [5.74, 6) is 0.626. The SMILES string of the molecule is CCCC(CCC)c1cnc(-c2c(CC)cccc2CC)cc1CCCOC. The van der Waals surface area contributed by atoms with E-state index in [1.807, 2.05) is 0 Å². The van der Waals surface area contributed by atoms with E-state index in [9.17, 15) is 0 Å². The van der Waals surface area contributed by atoms with Gasteiger partial charge in [-0.3, -0.25) is 4.98 Å². The Bertz CT molecular complexity index is 694. The number of hydrogen-bond donors (Lipinski definition) is 0. The molecule has 2 aromatic rings. The van der Waals surface area contributed by atoms with Crippen molar-refractivity contribution in [2.24, 2.45) is 0 Å². The van der Waals surface area contributed by atoms with E-state index < -0.39 is 0 Å². The van der Waals surface area contributed by atoms with Crippen molar-refractivity contribution < 1.29 is 4.74 Å². The number of hydrogen-bond acceptors (Lipinski definition) is 2. The molecule has 154 valence electrons. The monoisotopic (exact) mass is 381 g/mol. The van der Waals surface area contributed by atoms with E-state index in [4.69, 9.17) is 9.72 Å². The van der Waals surface area contributed by atoms with E-state index in [1.165, 1.54) is 53.5 Å². The number of aryl methyl sites for hydroxylation is 3. The molecule has 0 N–H and O–H groups in total. The lowest BCUT2D eigenvalue weighted by Gasteiger charge is -2.21. The summed E-state index contributed by atoms with van der Waals surface area (Å²) in [5.41, 5.74) is 8.26. The van der Waals surface area contributed by atoms with Crippen LogP contribution in [0.5, 0.6) is 0 Å². The van der Waals surface area contributed by atoms with Gasteiger partial charge in [0.25, 0.3) is 0 Å². The van der Waals surface area contributed by atoms with Gasteiger partial charge in [0.05, 0.1) is 5.69 Å². The van der Waals surface area contributed by atoms with Crippen LogP contribution in [0, 0.1) is 0 Å². The molecule has 0 saturated heterocycles. The van der Waals surface area contributed by atoms with Gasteiger partial charge in [0.15, 0.2) is 0 Å². The van der Waals surface area contributed by atoms with Crippen molar-refractivity contribution in [1.82, 2.24) is 4.98 Å². The maximum Gasteiger partial charge on any atom is 0.0710 e. The molecule has 0 amide bonds. The first kappa shape index (κ1) is 22.6. The van der Waals surface area contributed by atoms with Crippen molar-refractivity contribution in [2.75, 3.05) is 13.7 Å². The van der Waals surface area contributed by atoms with Crippen LogP contribution in [0.1, 0.15) is 88.0 Å². The largest absolute Gasteiger partial charge is 0.385 e. The highest BCUT2D eigenvalue weighted by atomic mass is 16.5. The second kappa shape index (κ2) is 12.0. The summed E-state index contributed by atoms with van der Waals surface area (Å²) in [6.45, 7) is 9.88. The van der Waals surface area contributed by atoms with Gasteiger partial charge in [0, 0.05) is 25.5 Å². The third kappa shape index (κ3) is 5.67. The van der Waals surface area contributed by atoms with E-state index in [2.05, 4.69) is 58.2 Å². The van der Waals surface area contributed by atoms with Crippen LogP contribution in [-0.2, 0) is 24.0 Å². The molecule has 0 bridgehead atoms. The van der Waals surface area contributed by atoms with Crippen LogP contribution in [0.2, 0.25) is 0 Å². The van der Waals surface area contributed by atoms with Gasteiger partial charge < -0.3 is 4.74 Å². The predicted octanol–water partition coefficient (Wildman–Crippen LogP) is 7.14. The second-order valence-corrected chi connectivity index (χ2v) is 7.80. The number of nitrogens with zero attached hydrogens (tertiary/aromatic N) is 1. The molecule has 28 heavy (non-hydrogen) atoms. The first-order valence-electron chi connectivity index (χ1n) is 11.3. The number of pyridine rings is 1. The zero-order chi connectivity index (χ0) is 20.4. The third-order valence-corrected chi connectivity index (χ3v) is 5.79. The van der Waals surface area contributed by atoms with E-state index >= 15 is 0 Å². The molecule has 2 nitrogen and oxygen atoms in total. The fourth-order valence-corrected chi connectivity index (χ4v) is 4.36. The molecule has 1 aromatic heterocycles. The molecule has 0 aliphatic heterocycles. The summed E-state index contributed by atoms with van der Waals surface area (Å²) in [7, 11) is 1.79. The smallest absolute Gasteiger partial charge is 0.0710 e. The summed E-state index contributed by atoms with van der Waals surface area (Å²) in [5, 5.41) is 0. The average Bonchev–Trinajstić information content (AvgIpc) is 2.73. The van der Waals surface area contributed by atoms with Gasteiger partial charge in [-0.15, -0.1) is 0 Å². The summed E-state index contributed by atoms with van der Waals surface area (Å²) in [6, 6.07) is 9.09. The highest BCUT2D eigenvalue weighted by molar-refractivity contribution is 5.69. The van der Waals surface area contributed by atoms with Crippen LogP contribution in [0.4, 0.5) is 0 Å². The van der Waals surface area contributed by atoms with Gasteiger partial charge in [-0.2, -0.15) is 0 Å². The van der Waals surface area contributed by atoms with E-state index in [-0.39, 0.29) is 0 Å². The molecule has 0 fully saturated rings. The number of aromatic nitrogens is 1. The molecular formula is C26H39NO. The number of benzene rings is 1. The van der Waals surface area contributed by atoms with E-state index in [0.717, 1.165) is 38.0 Å². The van der Waals surface area contributed by atoms with Crippen LogP contribution in [0.25, 0.3) is 11.3 Å². The fourth-order valence-electron chi connectivity index (χ4n) is 4.36. The number of methoxy groups -OCH3 is 1. The van der Waals surface area contributed by atoms with E-state index in [0.29, 0.717) is 5.92 Å². The normalized spacial score (nSPS) is 11.4. The molecule has 0 aliphatic rings. The summed E-state index contributed by atoms with van der Waals surface area (Å²) in [4.78, 5) is 5.01. The Morgan fingerprint density at radius 3 is 2.11 bits per heavy atom. The maximum atomic E-state index is 5.33. The first-order valence-corrected chi connectivity index (χ1v) is 11.3. The summed E-state index contributed by atoms with van der Waals surface area (Å²) in [6.07, 6.45) is 11.4. The summed E-state index contributed by atoms with van der Waals surface area (Å²) < 4.78 is 5.33. The van der Waals surface area contributed by atoms with Crippen molar-refractivity contribution in [2.45, 2.75) is 85.0 Å². The van der Waals surface area contributed by atoms with Crippen LogP contribution >= 0.6 is 0 Å². The third-order valence-electron chi connectivity index (χ3n) is 5.79. The van der Waals surface area contributed by atoms with Crippen molar-refractivity contribution in [3.05, 3.63) is 52.7 Å². The Morgan fingerprint density at radius 1 is 0.929 bits per heavy atom. The lowest BCUT2D eigenvalue weighted by molar-refractivity contribution is 0.195. The zero-order valence-electron chi connectivity index (χ0n) is 18.7. The van der Waals surface area contributed by atoms with Gasteiger partial charge >= 0.3 is 0 Å². The van der Waals surface area contributed by atoms with Gasteiger partial charge in [-0.25, -0.2) is 0 Å². The quantitative estimate of drug-likeness (QED) is 0.365. The van der Waals surface area contributed by atoms with E-state index in [1.54, 1.807) is 7.11 Å². The lowest BCUT2D eigenvalue weighted by atomic mass is 9.86. The van der Waals surface area contributed by atoms with Crippen LogP contribution < -0.4 is 0 Å². The molecule has 0 saturated carbocycles. The molecule has 0 radical (unpaired) electrons. The average molecular weight is 382 g/mol. The standard InChI is InChI=1S/C26H39NO/c1-6-12-22(13-7-2)24-19-27-25(18-23(24)16-11-17-28-5)26-20(8-3)14-10-15-21(26)9-4/h10,14-15,18-19,22H,6-9,11-13,16-17H2,1-5H3. The maximum absolute atomic E-state index is 5.33. The molecule has 1 aromatic carbocycles. The fraction of sp³-hybridized carbons (Fsp3) is 0.577. The molecule has 0 aliphatic carbocycles. The lowest BCUT2D eigenvalue weighted by Crippen LogP contribution is -2.07. The highest BCUT2D eigenvalue weighted by Gasteiger charge is 2.17. The minimum absolute atomic E-state index is 0.626. The Hall–Kier alpha value is -1.67. The van der Waals surface area contributed by atoms with Crippen molar-refractivity contribution in [3.8, 4) is 11.3 Å². The molecular weight excluding hydrogens is 342 g/mol. The Labute approximate surface area is 172 Å². The van der Waals surface area contributed by atoms with Gasteiger partial charge in [0.2, 0.25) is 0 Å². The highest BCUT2D eigenvalue weighted by Crippen LogP contribution is 2.34. The Kier molecular flexibility index (Phi) is 9.70. The van der Waals surface area contributed by atoms with Gasteiger partial charge in [-0.1, -0.05) is 58.7 Å². The minimum atomic E-state index is 0.626. The molecule has 0 spiro atoms. The van der Waals surface area contributed by atoms with Gasteiger partial charge in [-0.05, 0) is 72.8 Å². The van der Waals surface area contributed by atoms with Crippen molar-refractivity contribution in [3.63, 3.8) is 0 Å². The van der Waals surface area contributed by atoms with Crippen molar-refractivity contribution in [1.29, 1.82) is 0 Å². The molecule has 0 unspecified atom stereocenters. The number of ether oxygens (including phenoxy) is 1. The molecule has 2 heteroatoms. The predicted molar refractivity (Wildman–Crippen MR) is 121 cm³/mol.